The minimum absolute atomic E-state index is 0.0417. The molecule has 25 heavy (non-hydrogen) atoms. The van der Waals surface area contributed by atoms with E-state index in [1.54, 1.807) is 0 Å². The summed E-state index contributed by atoms with van der Waals surface area (Å²) in [7, 11) is 0. The van der Waals surface area contributed by atoms with Crippen molar-refractivity contribution in [1.29, 1.82) is 0 Å². The van der Waals surface area contributed by atoms with Crippen LogP contribution in [0.1, 0.15) is 49.7 Å². The standard InChI is InChI=1S/C21H24O4/c1-21(2,17(13-19(22)23)15-9-5-3-6-10-15)18(14-20(24)25)16-11-7-4-8-12-16/h3-12,17-18H,13-14H2,1-2H3,(H,22,23)(H,24,25). The Bertz CT molecular complexity index is 646. The van der Waals surface area contributed by atoms with E-state index in [-0.39, 0.29) is 24.7 Å². The van der Waals surface area contributed by atoms with Gasteiger partial charge in [0.1, 0.15) is 0 Å². The fourth-order valence-corrected chi connectivity index (χ4v) is 3.58. The molecule has 2 atom stereocenters. The first kappa shape index (κ1) is 18.7. The number of carboxylic acids is 2. The monoisotopic (exact) mass is 340 g/mol. The van der Waals surface area contributed by atoms with E-state index in [1.807, 2.05) is 74.5 Å². The van der Waals surface area contributed by atoms with Crippen LogP contribution in [0.5, 0.6) is 0 Å². The minimum Gasteiger partial charge on any atom is -0.481 e. The fourth-order valence-electron chi connectivity index (χ4n) is 3.58. The van der Waals surface area contributed by atoms with E-state index >= 15 is 0 Å². The van der Waals surface area contributed by atoms with Gasteiger partial charge in [-0.25, -0.2) is 0 Å². The molecule has 0 saturated carbocycles. The smallest absolute Gasteiger partial charge is 0.303 e. The molecule has 0 radical (unpaired) electrons. The predicted molar refractivity (Wildman–Crippen MR) is 96.7 cm³/mol. The Hall–Kier alpha value is -2.62. The highest BCUT2D eigenvalue weighted by atomic mass is 16.4. The Morgan fingerprint density at radius 1 is 0.760 bits per heavy atom. The van der Waals surface area contributed by atoms with Gasteiger partial charge in [0, 0.05) is 11.8 Å². The van der Waals surface area contributed by atoms with Crippen molar-refractivity contribution in [2.45, 2.75) is 38.5 Å². The maximum atomic E-state index is 11.5. The van der Waals surface area contributed by atoms with Crippen molar-refractivity contribution in [2.24, 2.45) is 5.41 Å². The molecule has 0 amide bonds. The van der Waals surface area contributed by atoms with Gasteiger partial charge in [-0.05, 0) is 16.5 Å². The zero-order valence-electron chi connectivity index (χ0n) is 14.6. The van der Waals surface area contributed by atoms with Gasteiger partial charge < -0.3 is 10.2 Å². The maximum absolute atomic E-state index is 11.5. The van der Waals surface area contributed by atoms with E-state index in [4.69, 9.17) is 0 Å². The topological polar surface area (TPSA) is 74.6 Å². The average molecular weight is 340 g/mol. The summed E-state index contributed by atoms with van der Waals surface area (Å²) in [6.07, 6.45) is -0.0834. The number of carboxylic acid groups (broad SMARTS) is 2. The molecule has 0 fully saturated rings. The van der Waals surface area contributed by atoms with Crippen molar-refractivity contribution in [3.63, 3.8) is 0 Å². The van der Waals surface area contributed by atoms with Crippen LogP contribution in [-0.2, 0) is 9.59 Å². The van der Waals surface area contributed by atoms with Crippen LogP contribution in [0, 0.1) is 5.41 Å². The molecule has 2 N–H and O–H groups in total. The quantitative estimate of drug-likeness (QED) is 0.740. The lowest BCUT2D eigenvalue weighted by Gasteiger charge is -2.41. The molecule has 2 unspecified atom stereocenters. The summed E-state index contributed by atoms with van der Waals surface area (Å²) in [6.45, 7) is 3.93. The molecule has 0 aromatic heterocycles. The molecule has 2 aromatic rings. The maximum Gasteiger partial charge on any atom is 0.303 e. The Labute approximate surface area is 148 Å². The van der Waals surface area contributed by atoms with Crippen molar-refractivity contribution in [3.8, 4) is 0 Å². The average Bonchev–Trinajstić information content (AvgIpc) is 2.58. The first-order valence-electron chi connectivity index (χ1n) is 8.36. The molecule has 2 aromatic carbocycles. The van der Waals surface area contributed by atoms with Gasteiger partial charge in [0.15, 0.2) is 0 Å². The second kappa shape index (κ2) is 7.97. The first-order chi connectivity index (χ1) is 11.8. The van der Waals surface area contributed by atoms with E-state index < -0.39 is 17.4 Å². The van der Waals surface area contributed by atoms with Crippen molar-refractivity contribution >= 4 is 11.9 Å². The Kier molecular flexibility index (Phi) is 5.97. The minimum atomic E-state index is -0.885. The molecule has 2 rings (SSSR count). The number of benzene rings is 2. The van der Waals surface area contributed by atoms with E-state index in [1.165, 1.54) is 0 Å². The lowest BCUT2D eigenvalue weighted by atomic mass is 9.62. The summed E-state index contributed by atoms with van der Waals surface area (Å²) in [5.41, 5.74) is 1.28. The molecule has 0 spiro atoms. The molecule has 4 nitrogen and oxygen atoms in total. The summed E-state index contributed by atoms with van der Waals surface area (Å²) >= 11 is 0. The van der Waals surface area contributed by atoms with E-state index in [0.717, 1.165) is 11.1 Å². The van der Waals surface area contributed by atoms with Crippen LogP contribution in [0.25, 0.3) is 0 Å². The number of hydrogen-bond acceptors (Lipinski definition) is 2. The van der Waals surface area contributed by atoms with Crippen LogP contribution < -0.4 is 0 Å². The normalized spacial score (nSPS) is 13.8. The van der Waals surface area contributed by atoms with Crippen molar-refractivity contribution in [1.82, 2.24) is 0 Å². The molecule has 0 saturated heterocycles. The van der Waals surface area contributed by atoms with Crippen LogP contribution in [-0.4, -0.2) is 22.2 Å². The number of rotatable bonds is 8. The van der Waals surface area contributed by atoms with Crippen molar-refractivity contribution in [2.75, 3.05) is 0 Å². The third-order valence-corrected chi connectivity index (χ3v) is 4.96. The highest BCUT2D eigenvalue weighted by molar-refractivity contribution is 5.69. The Morgan fingerprint density at radius 2 is 1.08 bits per heavy atom. The summed E-state index contributed by atoms with van der Waals surface area (Å²) in [5, 5.41) is 18.9. The molecule has 4 heteroatoms. The lowest BCUT2D eigenvalue weighted by Crippen LogP contribution is -2.32. The second-order valence-corrected chi connectivity index (χ2v) is 6.94. The van der Waals surface area contributed by atoms with Crippen molar-refractivity contribution in [3.05, 3.63) is 71.8 Å². The SMILES string of the molecule is CC(C)(C(CC(=O)O)c1ccccc1)C(CC(=O)O)c1ccccc1. The summed E-state index contributed by atoms with van der Waals surface area (Å²) < 4.78 is 0. The summed E-state index contributed by atoms with van der Waals surface area (Å²) in [6, 6.07) is 19.0. The lowest BCUT2D eigenvalue weighted by molar-refractivity contribution is -0.138. The first-order valence-corrected chi connectivity index (χ1v) is 8.36. The highest BCUT2D eigenvalue weighted by Gasteiger charge is 2.40. The molecular formula is C21H24O4. The van der Waals surface area contributed by atoms with Crippen LogP contribution in [0.2, 0.25) is 0 Å². The highest BCUT2D eigenvalue weighted by Crippen LogP contribution is 2.49. The second-order valence-electron chi connectivity index (χ2n) is 6.94. The third-order valence-electron chi connectivity index (χ3n) is 4.96. The molecule has 0 bridgehead atoms. The van der Waals surface area contributed by atoms with Gasteiger partial charge in [0.2, 0.25) is 0 Å². The van der Waals surface area contributed by atoms with Gasteiger partial charge in [-0.1, -0.05) is 74.5 Å². The molecule has 0 aliphatic rings. The van der Waals surface area contributed by atoms with Gasteiger partial charge in [-0.3, -0.25) is 9.59 Å². The van der Waals surface area contributed by atoms with Gasteiger partial charge in [-0.15, -0.1) is 0 Å². The number of aliphatic carboxylic acids is 2. The van der Waals surface area contributed by atoms with Gasteiger partial charge in [-0.2, -0.15) is 0 Å². The van der Waals surface area contributed by atoms with Crippen LogP contribution in [0.15, 0.2) is 60.7 Å². The predicted octanol–water partition coefficient (Wildman–Crippen LogP) is 4.53. The largest absolute Gasteiger partial charge is 0.481 e. The molecule has 0 aliphatic carbocycles. The van der Waals surface area contributed by atoms with Gasteiger partial charge in [0.25, 0.3) is 0 Å². The summed E-state index contributed by atoms with van der Waals surface area (Å²) in [5.74, 6) is -2.36. The van der Waals surface area contributed by atoms with E-state index in [0.29, 0.717) is 0 Å². The Morgan fingerprint density at radius 3 is 1.36 bits per heavy atom. The molecule has 0 heterocycles. The van der Waals surface area contributed by atoms with Crippen LogP contribution >= 0.6 is 0 Å². The van der Waals surface area contributed by atoms with Gasteiger partial charge in [0.05, 0.1) is 12.8 Å². The summed E-state index contributed by atoms with van der Waals surface area (Å²) in [4.78, 5) is 23.0. The third kappa shape index (κ3) is 4.69. The fraction of sp³-hybridized carbons (Fsp3) is 0.333. The van der Waals surface area contributed by atoms with Crippen LogP contribution in [0.4, 0.5) is 0 Å². The molecule has 0 aliphatic heterocycles. The van der Waals surface area contributed by atoms with Crippen LogP contribution in [0.3, 0.4) is 0 Å². The van der Waals surface area contributed by atoms with Crippen molar-refractivity contribution < 1.29 is 19.8 Å². The number of carbonyl (C=O) groups is 2. The Balaban J connectivity index is 2.50. The van der Waals surface area contributed by atoms with Gasteiger partial charge >= 0.3 is 11.9 Å². The molecular weight excluding hydrogens is 316 g/mol. The zero-order chi connectivity index (χ0) is 18.4. The van der Waals surface area contributed by atoms with E-state index in [2.05, 4.69) is 0 Å². The molecule has 132 valence electrons. The zero-order valence-corrected chi connectivity index (χ0v) is 14.6. The van der Waals surface area contributed by atoms with E-state index in [9.17, 15) is 19.8 Å². The number of hydrogen-bond donors (Lipinski definition) is 2.